The fourth-order valence-corrected chi connectivity index (χ4v) is 4.04. The van der Waals surface area contributed by atoms with E-state index in [9.17, 15) is 14.4 Å². The number of nitrogens with zero attached hydrogens (tertiary/aromatic N) is 4. The van der Waals surface area contributed by atoms with E-state index >= 15 is 0 Å². The number of nitrogens with two attached hydrogens (primary N) is 1. The van der Waals surface area contributed by atoms with Crippen LogP contribution in [0.5, 0.6) is 0 Å². The van der Waals surface area contributed by atoms with Crippen LogP contribution in [0.2, 0.25) is 0 Å². The highest BCUT2D eigenvalue weighted by molar-refractivity contribution is 7.17. The molecule has 4 aromatic rings. The van der Waals surface area contributed by atoms with E-state index in [1.54, 1.807) is 6.07 Å². The number of rotatable bonds is 7. The molecule has 0 saturated heterocycles. The standard InChI is InChI=1S/C20H16N6O3S/c21-18(28)17(27)14(8-12-10-30-16-5-2-1-4-13(12)16)25-19(29)15-9-22-11-26(15)20-23-6-3-7-24-20/h1-7,9-11,14H,8H2,(H2,21,28)(H,25,29). The van der Waals surface area contributed by atoms with Gasteiger partial charge in [-0.25, -0.2) is 15.0 Å². The summed E-state index contributed by atoms with van der Waals surface area (Å²) in [4.78, 5) is 49.1. The Labute approximate surface area is 174 Å². The van der Waals surface area contributed by atoms with E-state index in [1.165, 1.54) is 40.8 Å². The van der Waals surface area contributed by atoms with Gasteiger partial charge in [0.1, 0.15) is 18.1 Å². The first kappa shape index (κ1) is 19.4. The molecule has 0 radical (unpaired) electrons. The molecule has 150 valence electrons. The third-order valence-corrected chi connectivity index (χ3v) is 5.50. The van der Waals surface area contributed by atoms with Gasteiger partial charge in [0, 0.05) is 23.5 Å². The number of hydrogen-bond donors (Lipinski definition) is 2. The molecule has 0 spiro atoms. The first-order chi connectivity index (χ1) is 14.5. The SMILES string of the molecule is NC(=O)C(=O)C(Cc1csc2ccccc12)NC(=O)c1cncn1-c1ncccn1. The molecule has 9 nitrogen and oxygen atoms in total. The number of carbonyl (C=O) groups is 3. The van der Waals surface area contributed by atoms with Crippen molar-refractivity contribution in [3.8, 4) is 5.95 Å². The first-order valence-electron chi connectivity index (χ1n) is 8.94. The molecule has 30 heavy (non-hydrogen) atoms. The summed E-state index contributed by atoms with van der Waals surface area (Å²) < 4.78 is 2.43. The van der Waals surface area contributed by atoms with Crippen molar-refractivity contribution in [3.63, 3.8) is 0 Å². The van der Waals surface area contributed by atoms with Crippen molar-refractivity contribution in [1.29, 1.82) is 0 Å². The van der Waals surface area contributed by atoms with E-state index in [4.69, 9.17) is 5.73 Å². The Bertz CT molecular complexity index is 1230. The molecular weight excluding hydrogens is 404 g/mol. The average Bonchev–Trinajstić information content (AvgIpc) is 3.41. The van der Waals surface area contributed by atoms with Crippen molar-refractivity contribution in [2.24, 2.45) is 5.73 Å². The predicted octanol–water partition coefficient (Wildman–Crippen LogP) is 1.27. The second kappa shape index (κ2) is 8.21. The van der Waals surface area contributed by atoms with Crippen LogP contribution in [-0.2, 0) is 16.0 Å². The molecule has 0 fully saturated rings. The van der Waals surface area contributed by atoms with Crippen LogP contribution in [0.25, 0.3) is 16.0 Å². The first-order valence-corrected chi connectivity index (χ1v) is 9.82. The normalized spacial score (nSPS) is 11.9. The van der Waals surface area contributed by atoms with E-state index in [1.807, 2.05) is 29.6 Å². The van der Waals surface area contributed by atoms with Crippen LogP contribution in [-0.4, -0.2) is 43.2 Å². The van der Waals surface area contributed by atoms with Crippen LogP contribution in [0.4, 0.5) is 0 Å². The lowest BCUT2D eigenvalue weighted by Crippen LogP contribution is -2.47. The molecule has 3 aromatic heterocycles. The minimum absolute atomic E-state index is 0.124. The third kappa shape index (κ3) is 3.80. The molecule has 0 aliphatic rings. The van der Waals surface area contributed by atoms with Gasteiger partial charge in [0.25, 0.3) is 11.8 Å². The largest absolute Gasteiger partial charge is 0.363 e. The number of imidazole rings is 1. The summed E-state index contributed by atoms with van der Waals surface area (Å²) in [7, 11) is 0. The molecule has 0 aliphatic carbocycles. The zero-order valence-corrected chi connectivity index (χ0v) is 16.4. The molecule has 2 amide bonds. The number of primary amides is 1. The lowest BCUT2D eigenvalue weighted by Gasteiger charge is -2.16. The molecule has 10 heteroatoms. The number of ketones is 1. The second-order valence-electron chi connectivity index (χ2n) is 6.41. The van der Waals surface area contributed by atoms with Gasteiger partial charge in [-0.1, -0.05) is 18.2 Å². The third-order valence-electron chi connectivity index (χ3n) is 4.49. The average molecular weight is 420 g/mol. The van der Waals surface area contributed by atoms with E-state index in [0.717, 1.165) is 15.6 Å². The summed E-state index contributed by atoms with van der Waals surface area (Å²) in [5, 5.41) is 5.48. The van der Waals surface area contributed by atoms with Crippen LogP contribution in [0, 0.1) is 0 Å². The molecular formula is C20H16N6O3S. The van der Waals surface area contributed by atoms with Crippen molar-refractivity contribution >= 4 is 39.0 Å². The van der Waals surface area contributed by atoms with E-state index in [2.05, 4.69) is 20.3 Å². The van der Waals surface area contributed by atoms with Gasteiger partial charge in [0.15, 0.2) is 0 Å². The van der Waals surface area contributed by atoms with Gasteiger partial charge >= 0.3 is 0 Å². The molecule has 1 atom stereocenters. The topological polar surface area (TPSA) is 133 Å². The molecule has 1 aromatic carbocycles. The number of carbonyl (C=O) groups excluding carboxylic acids is 3. The molecule has 0 bridgehead atoms. The zero-order valence-electron chi connectivity index (χ0n) is 15.6. The highest BCUT2D eigenvalue weighted by Crippen LogP contribution is 2.26. The Hall–Kier alpha value is -3.92. The summed E-state index contributed by atoms with van der Waals surface area (Å²) in [6, 6.07) is 8.23. The van der Waals surface area contributed by atoms with Gasteiger partial charge < -0.3 is 11.1 Å². The maximum Gasteiger partial charge on any atom is 0.287 e. The fourth-order valence-electron chi connectivity index (χ4n) is 3.06. The smallest absolute Gasteiger partial charge is 0.287 e. The number of benzene rings is 1. The summed E-state index contributed by atoms with van der Waals surface area (Å²) in [5.74, 6) is -2.33. The summed E-state index contributed by atoms with van der Waals surface area (Å²) in [6.07, 6.45) is 5.92. The van der Waals surface area contributed by atoms with Crippen molar-refractivity contribution < 1.29 is 14.4 Å². The number of nitrogens with one attached hydrogen (secondary N) is 1. The lowest BCUT2D eigenvalue weighted by atomic mass is 10.0. The minimum Gasteiger partial charge on any atom is -0.363 e. The molecule has 3 heterocycles. The summed E-state index contributed by atoms with van der Waals surface area (Å²) >= 11 is 1.52. The highest BCUT2D eigenvalue weighted by atomic mass is 32.1. The van der Waals surface area contributed by atoms with Gasteiger partial charge in [0.2, 0.25) is 11.7 Å². The predicted molar refractivity (Wildman–Crippen MR) is 110 cm³/mol. The van der Waals surface area contributed by atoms with E-state index in [0.29, 0.717) is 0 Å². The van der Waals surface area contributed by atoms with Crippen LogP contribution in [0.3, 0.4) is 0 Å². The van der Waals surface area contributed by atoms with Crippen LogP contribution < -0.4 is 11.1 Å². The maximum atomic E-state index is 12.9. The highest BCUT2D eigenvalue weighted by Gasteiger charge is 2.28. The van der Waals surface area contributed by atoms with Gasteiger partial charge in [-0.05, 0) is 28.5 Å². The fraction of sp³-hybridized carbons (Fsp3) is 0.100. The van der Waals surface area contributed by atoms with Gasteiger partial charge in [-0.2, -0.15) is 0 Å². The van der Waals surface area contributed by atoms with E-state index in [-0.39, 0.29) is 18.1 Å². The van der Waals surface area contributed by atoms with E-state index < -0.39 is 23.6 Å². The Morgan fingerprint density at radius 2 is 1.90 bits per heavy atom. The Kier molecular flexibility index (Phi) is 5.31. The van der Waals surface area contributed by atoms with Crippen LogP contribution in [0.15, 0.2) is 60.6 Å². The molecule has 0 aliphatic heterocycles. The number of Topliss-reactive ketones (excluding diaryl/α,β-unsaturated/α-hetero) is 1. The molecule has 1 unspecified atom stereocenters. The van der Waals surface area contributed by atoms with Crippen molar-refractivity contribution in [2.45, 2.75) is 12.5 Å². The van der Waals surface area contributed by atoms with Crippen molar-refractivity contribution in [2.75, 3.05) is 0 Å². The number of amides is 2. The number of thiophene rings is 1. The van der Waals surface area contributed by atoms with Gasteiger partial charge in [-0.15, -0.1) is 11.3 Å². The quantitative estimate of drug-likeness (QED) is 0.433. The van der Waals surface area contributed by atoms with Gasteiger partial charge in [-0.3, -0.25) is 19.0 Å². The maximum absolute atomic E-state index is 12.9. The minimum atomic E-state index is -1.12. The monoisotopic (exact) mass is 420 g/mol. The van der Waals surface area contributed by atoms with Crippen molar-refractivity contribution in [3.05, 3.63) is 71.9 Å². The van der Waals surface area contributed by atoms with Crippen molar-refractivity contribution in [1.82, 2.24) is 24.8 Å². The Balaban J connectivity index is 1.62. The molecule has 0 saturated carbocycles. The van der Waals surface area contributed by atoms with Gasteiger partial charge in [0.05, 0.1) is 6.20 Å². The van der Waals surface area contributed by atoms with Crippen LogP contribution >= 0.6 is 11.3 Å². The second-order valence-corrected chi connectivity index (χ2v) is 7.32. The molecule has 4 rings (SSSR count). The molecule has 3 N–H and O–H groups in total. The lowest BCUT2D eigenvalue weighted by molar-refractivity contribution is -0.137. The number of fused-ring (bicyclic) bond motifs is 1. The Morgan fingerprint density at radius 3 is 2.67 bits per heavy atom. The Morgan fingerprint density at radius 1 is 1.13 bits per heavy atom. The number of aromatic nitrogens is 4. The van der Waals surface area contributed by atoms with Crippen LogP contribution in [0.1, 0.15) is 16.1 Å². The summed E-state index contributed by atoms with van der Waals surface area (Å²) in [6.45, 7) is 0. The summed E-state index contributed by atoms with van der Waals surface area (Å²) in [5.41, 5.74) is 6.19. The zero-order chi connectivity index (χ0) is 21.1. The number of hydrogen-bond acceptors (Lipinski definition) is 7.